The van der Waals surface area contributed by atoms with E-state index < -0.39 is 0 Å². The van der Waals surface area contributed by atoms with Crippen LogP contribution in [0.1, 0.15) is 0 Å². The molecule has 11 heavy (non-hydrogen) atoms. The van der Waals surface area contributed by atoms with Crippen molar-refractivity contribution in [2.75, 3.05) is 46.4 Å². The molecule has 3 rings (SSSR count). The van der Waals surface area contributed by atoms with Gasteiger partial charge in [0.2, 0.25) is 0 Å². The Kier molecular flexibility index (Phi) is 6.91. The number of piperazine rings is 3. The van der Waals surface area contributed by atoms with Crippen molar-refractivity contribution in [2.45, 2.75) is 0 Å². The second-order valence-electron chi connectivity index (χ2n) is 2.68. The molecule has 0 amide bonds. The number of rotatable bonds is 0. The monoisotopic (exact) mass is 168 g/mol. The Morgan fingerprint density at radius 2 is 0.909 bits per heavy atom. The van der Waals surface area contributed by atoms with Gasteiger partial charge in [-0.3, -0.25) is 9.80 Å². The van der Waals surface area contributed by atoms with Crippen LogP contribution in [0.4, 0.5) is 0 Å². The molecule has 0 aromatic carbocycles. The molecule has 3 aliphatic rings. The molecular weight excluding hydrogens is 151 g/mol. The Hall–Kier alpha value is 0.880. The fraction of sp³-hybridized carbons (Fsp3) is 1.00. The van der Waals surface area contributed by atoms with Gasteiger partial charge < -0.3 is 5.11 Å². The van der Waals surface area contributed by atoms with Gasteiger partial charge in [0.05, 0.1) is 0 Å². The van der Waals surface area contributed by atoms with Crippen LogP contribution in [0.5, 0.6) is 0 Å². The summed E-state index contributed by atoms with van der Waals surface area (Å²) in [6.07, 6.45) is 0. The second-order valence-corrected chi connectivity index (χ2v) is 2.68. The SMILES string of the molecule is C1CN2CCN1CC2.CO.[NaH]. The summed E-state index contributed by atoms with van der Waals surface area (Å²) >= 11 is 0. The first-order chi connectivity index (χ1) is 4.95. The molecule has 4 heteroatoms. The molecule has 3 heterocycles. The van der Waals surface area contributed by atoms with Crippen molar-refractivity contribution in [3.63, 3.8) is 0 Å². The number of aliphatic hydroxyl groups is 1. The zero-order valence-corrected chi connectivity index (χ0v) is 6.58. The first-order valence-corrected chi connectivity index (χ1v) is 3.84. The third kappa shape index (κ3) is 3.40. The van der Waals surface area contributed by atoms with Crippen molar-refractivity contribution in [1.29, 1.82) is 0 Å². The van der Waals surface area contributed by atoms with Gasteiger partial charge >= 0.3 is 29.6 Å². The van der Waals surface area contributed by atoms with E-state index in [2.05, 4.69) is 9.80 Å². The molecule has 3 fully saturated rings. The summed E-state index contributed by atoms with van der Waals surface area (Å²) in [7, 11) is 1.00. The predicted octanol–water partition coefficient (Wildman–Crippen LogP) is -1.42. The summed E-state index contributed by atoms with van der Waals surface area (Å²) in [5.74, 6) is 0. The Labute approximate surface area is 90.7 Å². The van der Waals surface area contributed by atoms with Gasteiger partial charge in [-0.15, -0.1) is 0 Å². The normalized spacial score (nSPS) is 33.3. The number of fused-ring (bicyclic) bond motifs is 3. The molecule has 2 bridgehead atoms. The summed E-state index contributed by atoms with van der Waals surface area (Å²) in [6.45, 7) is 7.92. The van der Waals surface area contributed by atoms with Crippen LogP contribution < -0.4 is 0 Å². The molecule has 0 spiro atoms. The minimum atomic E-state index is 0. The van der Waals surface area contributed by atoms with Gasteiger partial charge in [-0.05, 0) is 0 Å². The van der Waals surface area contributed by atoms with E-state index in [1.54, 1.807) is 0 Å². The summed E-state index contributed by atoms with van der Waals surface area (Å²) in [5, 5.41) is 7.00. The van der Waals surface area contributed by atoms with E-state index in [0.29, 0.717) is 0 Å². The first kappa shape index (κ1) is 11.9. The average molecular weight is 168 g/mol. The molecule has 0 unspecified atom stereocenters. The topological polar surface area (TPSA) is 26.7 Å². The molecule has 3 nitrogen and oxygen atoms in total. The Bertz CT molecular complexity index is 71.4. The van der Waals surface area contributed by atoms with Crippen LogP contribution in [0.3, 0.4) is 0 Å². The van der Waals surface area contributed by atoms with Gasteiger partial charge in [0.25, 0.3) is 0 Å². The molecule has 0 radical (unpaired) electrons. The summed E-state index contributed by atoms with van der Waals surface area (Å²) in [4.78, 5) is 5.08. The van der Waals surface area contributed by atoms with Gasteiger partial charge in [0.1, 0.15) is 0 Å². The summed E-state index contributed by atoms with van der Waals surface area (Å²) in [6, 6.07) is 0. The predicted molar refractivity (Wildman–Crippen MR) is 48.2 cm³/mol. The van der Waals surface area contributed by atoms with Crippen molar-refractivity contribution in [2.24, 2.45) is 0 Å². The van der Waals surface area contributed by atoms with Gasteiger partial charge in [0, 0.05) is 46.4 Å². The molecule has 0 aromatic rings. The standard InChI is InChI=1S/C6H12N2.CH4O.Na.H/c1-2-8-5-3-7(1)4-6-8;1-2;;/h1-6H2;2H,1H3;;. The number of nitrogens with zero attached hydrogens (tertiary/aromatic N) is 2. The zero-order chi connectivity index (χ0) is 7.40. The average Bonchev–Trinajstić information content (AvgIpc) is 2.11. The molecular formula is C7H17N2NaO. The molecule has 0 aliphatic carbocycles. The van der Waals surface area contributed by atoms with Gasteiger partial charge in [-0.25, -0.2) is 0 Å². The molecule has 1 N–H and O–H groups in total. The number of aliphatic hydroxyl groups excluding tert-OH is 1. The van der Waals surface area contributed by atoms with Gasteiger partial charge in [-0.2, -0.15) is 0 Å². The molecule has 0 aromatic heterocycles. The fourth-order valence-electron chi connectivity index (χ4n) is 1.52. The zero-order valence-electron chi connectivity index (χ0n) is 6.58. The molecule has 62 valence electrons. The Balaban J connectivity index is 0.000000311. The Morgan fingerprint density at radius 1 is 0.727 bits per heavy atom. The molecule has 0 saturated carbocycles. The van der Waals surface area contributed by atoms with Crippen LogP contribution in [0.25, 0.3) is 0 Å². The van der Waals surface area contributed by atoms with Crippen LogP contribution in [0, 0.1) is 0 Å². The molecule has 3 saturated heterocycles. The number of hydrogen-bond acceptors (Lipinski definition) is 3. The fourth-order valence-corrected chi connectivity index (χ4v) is 1.52. The summed E-state index contributed by atoms with van der Waals surface area (Å²) in [5.41, 5.74) is 0. The van der Waals surface area contributed by atoms with Crippen molar-refractivity contribution < 1.29 is 5.11 Å². The van der Waals surface area contributed by atoms with E-state index >= 15 is 0 Å². The quantitative estimate of drug-likeness (QED) is 0.450. The van der Waals surface area contributed by atoms with Crippen molar-refractivity contribution in [3.8, 4) is 0 Å². The van der Waals surface area contributed by atoms with E-state index in [1.807, 2.05) is 0 Å². The van der Waals surface area contributed by atoms with Gasteiger partial charge in [0.15, 0.2) is 0 Å². The minimum absolute atomic E-state index is 0. The number of hydrogen-bond donors (Lipinski definition) is 1. The Morgan fingerprint density at radius 3 is 1.00 bits per heavy atom. The van der Waals surface area contributed by atoms with Crippen molar-refractivity contribution >= 4 is 29.6 Å². The van der Waals surface area contributed by atoms with E-state index in [4.69, 9.17) is 5.11 Å². The van der Waals surface area contributed by atoms with E-state index in [9.17, 15) is 0 Å². The van der Waals surface area contributed by atoms with Crippen molar-refractivity contribution in [1.82, 2.24) is 9.80 Å². The van der Waals surface area contributed by atoms with E-state index in [0.717, 1.165) is 7.11 Å². The first-order valence-electron chi connectivity index (χ1n) is 3.84. The third-order valence-electron chi connectivity index (χ3n) is 2.20. The van der Waals surface area contributed by atoms with Crippen LogP contribution in [-0.4, -0.2) is 90.8 Å². The van der Waals surface area contributed by atoms with Gasteiger partial charge in [-0.1, -0.05) is 0 Å². The van der Waals surface area contributed by atoms with E-state index in [1.165, 1.54) is 39.3 Å². The third-order valence-corrected chi connectivity index (χ3v) is 2.20. The van der Waals surface area contributed by atoms with Crippen LogP contribution >= 0.6 is 0 Å². The molecule has 3 aliphatic heterocycles. The van der Waals surface area contributed by atoms with Crippen LogP contribution in [0.15, 0.2) is 0 Å². The van der Waals surface area contributed by atoms with Crippen LogP contribution in [-0.2, 0) is 0 Å². The maximum atomic E-state index is 7.00. The van der Waals surface area contributed by atoms with Crippen molar-refractivity contribution in [3.05, 3.63) is 0 Å². The second kappa shape index (κ2) is 6.40. The van der Waals surface area contributed by atoms with Crippen LogP contribution in [0.2, 0.25) is 0 Å². The summed E-state index contributed by atoms with van der Waals surface area (Å²) < 4.78 is 0. The maximum absolute atomic E-state index is 7.00. The molecule has 0 atom stereocenters. The van der Waals surface area contributed by atoms with E-state index in [-0.39, 0.29) is 29.6 Å².